The van der Waals surface area contributed by atoms with Crippen molar-refractivity contribution in [2.75, 3.05) is 11.9 Å². The minimum absolute atomic E-state index is 0.0504. The van der Waals surface area contributed by atoms with Gasteiger partial charge in [-0.1, -0.05) is 23.7 Å². The molecule has 1 aromatic carbocycles. The number of likely N-dealkylation sites (tertiary alicyclic amines) is 1. The second-order valence-electron chi connectivity index (χ2n) is 5.36. The maximum atomic E-state index is 12.0. The first-order valence-electron chi connectivity index (χ1n) is 7.47. The zero-order chi connectivity index (χ0) is 17.1. The lowest BCUT2D eigenvalue weighted by molar-refractivity contribution is -0.138. The first-order chi connectivity index (χ1) is 11.5. The maximum Gasteiger partial charge on any atom is 0.229 e. The van der Waals surface area contributed by atoms with E-state index in [4.69, 9.17) is 11.6 Å². The van der Waals surface area contributed by atoms with E-state index in [-0.39, 0.29) is 43.5 Å². The standard InChI is InChI=1S/C16H15ClN4O3/c17-12-3-1-2-4-13(12)21-10-11(9-18-21)19-14(22)7-8-20-15(23)5-6-16(20)24/h1-4,9-10H,5-8H2,(H,19,22). The van der Waals surface area contributed by atoms with E-state index in [9.17, 15) is 14.4 Å². The van der Waals surface area contributed by atoms with Crippen molar-refractivity contribution in [2.45, 2.75) is 19.3 Å². The summed E-state index contributed by atoms with van der Waals surface area (Å²) in [5.74, 6) is -0.736. The molecule has 2 heterocycles. The predicted octanol–water partition coefficient (Wildman–Crippen LogP) is 2.00. The lowest BCUT2D eigenvalue weighted by atomic mass is 10.3. The largest absolute Gasteiger partial charge is 0.323 e. The fraction of sp³-hybridized carbons (Fsp3) is 0.250. The van der Waals surface area contributed by atoms with E-state index in [2.05, 4.69) is 10.4 Å². The molecule has 8 heteroatoms. The molecule has 1 saturated heterocycles. The third-order valence-electron chi connectivity index (χ3n) is 3.68. The number of halogens is 1. The minimum Gasteiger partial charge on any atom is -0.323 e. The third kappa shape index (κ3) is 3.46. The highest BCUT2D eigenvalue weighted by Crippen LogP contribution is 2.20. The van der Waals surface area contributed by atoms with Crippen molar-refractivity contribution in [2.24, 2.45) is 0 Å². The summed E-state index contributed by atoms with van der Waals surface area (Å²) in [5.41, 5.74) is 1.21. The summed E-state index contributed by atoms with van der Waals surface area (Å²) < 4.78 is 1.56. The van der Waals surface area contributed by atoms with Crippen LogP contribution in [0.5, 0.6) is 0 Å². The van der Waals surface area contributed by atoms with E-state index in [1.807, 2.05) is 18.2 Å². The van der Waals surface area contributed by atoms with Crippen molar-refractivity contribution >= 4 is 35.0 Å². The first kappa shape index (κ1) is 16.2. The molecule has 0 bridgehead atoms. The fourth-order valence-electron chi connectivity index (χ4n) is 2.47. The number of nitrogens with zero attached hydrogens (tertiary/aromatic N) is 3. The molecule has 3 rings (SSSR count). The van der Waals surface area contributed by atoms with Crippen LogP contribution in [0.3, 0.4) is 0 Å². The second-order valence-corrected chi connectivity index (χ2v) is 5.77. The van der Waals surface area contributed by atoms with E-state index < -0.39 is 0 Å². The lowest BCUT2D eigenvalue weighted by Gasteiger charge is -2.12. The van der Waals surface area contributed by atoms with Gasteiger partial charge in [0, 0.05) is 25.8 Å². The number of nitrogens with one attached hydrogen (secondary N) is 1. The highest BCUT2D eigenvalue weighted by Gasteiger charge is 2.28. The number of benzene rings is 1. The van der Waals surface area contributed by atoms with E-state index in [0.717, 1.165) is 4.90 Å². The van der Waals surface area contributed by atoms with Crippen molar-refractivity contribution in [3.8, 4) is 5.69 Å². The highest BCUT2D eigenvalue weighted by atomic mass is 35.5. The molecule has 1 aromatic heterocycles. The minimum atomic E-state index is -0.291. The summed E-state index contributed by atoms with van der Waals surface area (Å²) in [7, 11) is 0. The van der Waals surface area contributed by atoms with Crippen LogP contribution in [-0.2, 0) is 14.4 Å². The smallest absolute Gasteiger partial charge is 0.229 e. The van der Waals surface area contributed by atoms with E-state index in [1.54, 1.807) is 16.9 Å². The Hall–Kier alpha value is -2.67. The molecule has 0 atom stereocenters. The zero-order valence-corrected chi connectivity index (χ0v) is 13.5. The molecule has 0 unspecified atom stereocenters. The third-order valence-corrected chi connectivity index (χ3v) is 4.00. The Bertz CT molecular complexity index is 786. The molecule has 0 radical (unpaired) electrons. The van der Waals surface area contributed by atoms with Crippen LogP contribution in [0.4, 0.5) is 5.69 Å². The predicted molar refractivity (Wildman–Crippen MR) is 87.8 cm³/mol. The number of carbonyl (C=O) groups is 3. The number of hydrogen-bond donors (Lipinski definition) is 1. The maximum absolute atomic E-state index is 12.0. The molecule has 124 valence electrons. The van der Waals surface area contributed by atoms with Crippen LogP contribution in [0.25, 0.3) is 5.69 Å². The van der Waals surface area contributed by atoms with E-state index in [0.29, 0.717) is 16.4 Å². The van der Waals surface area contributed by atoms with Gasteiger partial charge in [-0.2, -0.15) is 5.10 Å². The normalized spacial score (nSPS) is 14.3. The van der Waals surface area contributed by atoms with Crippen molar-refractivity contribution in [1.29, 1.82) is 0 Å². The molecular formula is C16H15ClN4O3. The van der Waals surface area contributed by atoms with Gasteiger partial charge in [0.15, 0.2) is 0 Å². The average molecular weight is 347 g/mol. The summed E-state index contributed by atoms with van der Waals surface area (Å²) in [6.45, 7) is 0.0994. The Kier molecular flexibility index (Phi) is 4.61. The molecule has 0 aliphatic carbocycles. The van der Waals surface area contributed by atoms with Gasteiger partial charge in [0.2, 0.25) is 17.7 Å². The summed E-state index contributed by atoms with van der Waals surface area (Å²) >= 11 is 6.11. The first-order valence-corrected chi connectivity index (χ1v) is 7.85. The molecule has 7 nitrogen and oxygen atoms in total. The topological polar surface area (TPSA) is 84.3 Å². The van der Waals surface area contributed by atoms with Gasteiger partial charge in [0.05, 0.1) is 28.8 Å². The Labute approximate surface area is 143 Å². The molecule has 3 amide bonds. The Morgan fingerprint density at radius 2 is 1.92 bits per heavy atom. The van der Waals surface area contributed by atoms with Crippen LogP contribution in [-0.4, -0.2) is 38.9 Å². The Morgan fingerprint density at radius 3 is 2.62 bits per heavy atom. The molecule has 1 fully saturated rings. The van der Waals surface area contributed by atoms with Gasteiger partial charge in [-0.15, -0.1) is 0 Å². The van der Waals surface area contributed by atoms with Crippen LogP contribution < -0.4 is 5.32 Å². The van der Waals surface area contributed by atoms with Crippen LogP contribution in [0, 0.1) is 0 Å². The van der Waals surface area contributed by atoms with Crippen molar-refractivity contribution < 1.29 is 14.4 Å². The Morgan fingerprint density at radius 1 is 1.21 bits per heavy atom. The monoisotopic (exact) mass is 346 g/mol. The number of aromatic nitrogens is 2. The number of hydrogen-bond acceptors (Lipinski definition) is 4. The number of amides is 3. The molecule has 1 aliphatic heterocycles. The van der Waals surface area contributed by atoms with E-state index in [1.165, 1.54) is 6.20 Å². The molecule has 24 heavy (non-hydrogen) atoms. The summed E-state index contributed by atoms with van der Waals surface area (Å²) in [6.07, 6.45) is 3.66. The van der Waals surface area contributed by atoms with Crippen LogP contribution in [0.2, 0.25) is 5.02 Å². The fourth-order valence-corrected chi connectivity index (χ4v) is 2.69. The summed E-state index contributed by atoms with van der Waals surface area (Å²) in [6, 6.07) is 7.22. The number of rotatable bonds is 5. The second kappa shape index (κ2) is 6.84. The summed E-state index contributed by atoms with van der Waals surface area (Å²) in [5, 5.41) is 7.40. The molecule has 2 aromatic rings. The Balaban J connectivity index is 1.59. The van der Waals surface area contributed by atoms with Crippen LogP contribution >= 0.6 is 11.6 Å². The van der Waals surface area contributed by atoms with Crippen LogP contribution in [0.15, 0.2) is 36.7 Å². The van der Waals surface area contributed by atoms with Gasteiger partial charge < -0.3 is 5.32 Å². The van der Waals surface area contributed by atoms with Gasteiger partial charge in [-0.3, -0.25) is 19.3 Å². The number of para-hydroxylation sites is 1. The highest BCUT2D eigenvalue weighted by molar-refractivity contribution is 6.32. The van der Waals surface area contributed by atoms with Crippen molar-refractivity contribution in [1.82, 2.24) is 14.7 Å². The van der Waals surface area contributed by atoms with Crippen molar-refractivity contribution in [3.63, 3.8) is 0 Å². The quantitative estimate of drug-likeness (QED) is 0.839. The molecule has 1 aliphatic rings. The van der Waals surface area contributed by atoms with Gasteiger partial charge in [0.25, 0.3) is 0 Å². The average Bonchev–Trinajstić information content (AvgIpc) is 3.13. The van der Waals surface area contributed by atoms with Gasteiger partial charge in [0.1, 0.15) is 0 Å². The number of carbonyl (C=O) groups excluding carboxylic acids is 3. The molecule has 0 spiro atoms. The van der Waals surface area contributed by atoms with Crippen LogP contribution in [0.1, 0.15) is 19.3 Å². The lowest BCUT2D eigenvalue weighted by Crippen LogP contribution is -2.32. The summed E-state index contributed by atoms with van der Waals surface area (Å²) in [4.78, 5) is 36.1. The number of imide groups is 1. The molecular weight excluding hydrogens is 332 g/mol. The molecule has 1 N–H and O–H groups in total. The zero-order valence-electron chi connectivity index (χ0n) is 12.7. The van der Waals surface area contributed by atoms with Gasteiger partial charge in [-0.25, -0.2) is 4.68 Å². The SMILES string of the molecule is O=C(CCN1C(=O)CCC1=O)Nc1cnn(-c2ccccc2Cl)c1. The molecule has 0 saturated carbocycles. The van der Waals surface area contributed by atoms with Gasteiger partial charge in [-0.05, 0) is 12.1 Å². The number of anilines is 1. The van der Waals surface area contributed by atoms with Crippen molar-refractivity contribution in [3.05, 3.63) is 41.7 Å². The van der Waals surface area contributed by atoms with E-state index >= 15 is 0 Å². The van der Waals surface area contributed by atoms with Gasteiger partial charge >= 0.3 is 0 Å².